The van der Waals surface area contributed by atoms with Crippen LogP contribution in [0, 0.1) is 0 Å². The van der Waals surface area contributed by atoms with Gasteiger partial charge in [0, 0.05) is 21.1 Å². The summed E-state index contributed by atoms with van der Waals surface area (Å²) in [5.74, 6) is 0. The van der Waals surface area contributed by atoms with E-state index in [9.17, 15) is 0 Å². The number of rotatable bonds is 4. The van der Waals surface area contributed by atoms with Gasteiger partial charge in [0.15, 0.2) is 0 Å². The molecule has 0 N–H and O–H groups in total. The third-order valence-corrected chi connectivity index (χ3v) is 18.0. The van der Waals surface area contributed by atoms with E-state index >= 15 is 0 Å². The fraction of sp³-hybridized carbons (Fsp3) is 0.333. The molecule has 0 aromatic carbocycles. The van der Waals surface area contributed by atoms with Crippen LogP contribution in [0.25, 0.3) is 0 Å². The third-order valence-electron chi connectivity index (χ3n) is 2.76. The largest absolute Gasteiger partial charge is 0.416 e. The second-order valence-electron chi connectivity index (χ2n) is 5.47. The molecule has 1 aliphatic heterocycles. The first-order valence-corrected chi connectivity index (χ1v) is 16.0. The van der Waals surface area contributed by atoms with Crippen LogP contribution >= 0.6 is 0 Å². The van der Waals surface area contributed by atoms with E-state index in [0.717, 1.165) is 0 Å². The number of hydrogen-bond donors (Lipinski definition) is 0. The monoisotopic (exact) mass is 539 g/mol. The van der Waals surface area contributed by atoms with Gasteiger partial charge >= 0.3 is 34.2 Å². The number of hydrogen-bond acceptors (Lipinski definition) is 4. The van der Waals surface area contributed by atoms with E-state index < -0.39 is 34.2 Å². The van der Waals surface area contributed by atoms with Gasteiger partial charge in [0.1, 0.15) is 0 Å². The van der Waals surface area contributed by atoms with Gasteiger partial charge in [-0.15, -0.1) is 26.3 Å². The minimum atomic E-state index is -2.81. The summed E-state index contributed by atoms with van der Waals surface area (Å²) in [6.45, 7) is 23.4. The molecule has 0 spiro atoms. The zero-order chi connectivity index (χ0) is 15.7. The van der Waals surface area contributed by atoms with Crippen LogP contribution in [0.2, 0.25) is 26.2 Å². The van der Waals surface area contributed by atoms with Gasteiger partial charge in [-0.05, 0) is 49.0 Å². The predicted octanol–water partition coefficient (Wildman–Crippen LogP) is 3.25. The van der Waals surface area contributed by atoms with Crippen LogP contribution in [0.1, 0.15) is 0 Å². The molecule has 1 saturated heterocycles. The summed E-state index contributed by atoms with van der Waals surface area (Å²) in [6.07, 6.45) is 0. The molecule has 0 saturated carbocycles. The molecular weight excluding hydrogens is 516 g/mol. The van der Waals surface area contributed by atoms with Gasteiger partial charge in [-0.3, -0.25) is 0 Å². The normalized spacial score (nSPS) is 25.3. The van der Waals surface area contributed by atoms with E-state index in [0.29, 0.717) is 0 Å². The zero-order valence-electron chi connectivity index (χ0n) is 13.1. The SMILES string of the molecule is C=C[Si]1(C=C)O[Si](C)(C)O[Si](C)(C)O[Si](C=C)(C=C)O1.[Pt]. The van der Waals surface area contributed by atoms with E-state index in [4.69, 9.17) is 16.5 Å². The minimum absolute atomic E-state index is 0. The molecule has 0 bridgehead atoms. The standard InChI is InChI=1S/C12H24O4Si4.Pt/c1-9-19(10-2)14-17(5,6)13-18(7,8)15-20(11-3,12-4)16-19;/h9-12H,1-4H2,5-8H3;. The molecule has 9 heteroatoms. The molecule has 1 aliphatic rings. The van der Waals surface area contributed by atoms with Gasteiger partial charge in [-0.25, -0.2) is 0 Å². The minimum Gasteiger partial charge on any atom is -0.416 e. The van der Waals surface area contributed by atoms with Crippen LogP contribution < -0.4 is 0 Å². The molecule has 1 rings (SSSR count). The van der Waals surface area contributed by atoms with Crippen molar-refractivity contribution in [1.82, 2.24) is 0 Å². The van der Waals surface area contributed by atoms with Crippen molar-refractivity contribution in [3.63, 3.8) is 0 Å². The molecule has 0 amide bonds. The van der Waals surface area contributed by atoms with Gasteiger partial charge in [0.05, 0.1) is 0 Å². The van der Waals surface area contributed by atoms with Crippen molar-refractivity contribution in [2.75, 3.05) is 0 Å². The smallest absolute Gasteiger partial charge is 0.373 e. The molecule has 0 radical (unpaired) electrons. The average Bonchev–Trinajstić information content (AvgIpc) is 2.33. The quantitative estimate of drug-likeness (QED) is 0.514. The van der Waals surface area contributed by atoms with Gasteiger partial charge in [0.2, 0.25) is 0 Å². The van der Waals surface area contributed by atoms with E-state index in [1.165, 1.54) is 0 Å². The van der Waals surface area contributed by atoms with Crippen molar-refractivity contribution in [2.24, 2.45) is 0 Å². The van der Waals surface area contributed by atoms with Crippen molar-refractivity contribution < 1.29 is 37.5 Å². The van der Waals surface area contributed by atoms with Gasteiger partial charge in [-0.2, -0.15) is 0 Å². The summed E-state index contributed by atoms with van der Waals surface area (Å²) < 4.78 is 25.0. The molecule has 0 atom stereocenters. The Labute approximate surface area is 146 Å². The van der Waals surface area contributed by atoms with Crippen LogP contribution in [0.4, 0.5) is 0 Å². The van der Waals surface area contributed by atoms with E-state index in [1.807, 2.05) is 26.2 Å². The van der Waals surface area contributed by atoms with E-state index in [1.54, 1.807) is 22.8 Å². The molecule has 1 fully saturated rings. The Balaban J connectivity index is 0.00000400. The first kappa shape index (κ1) is 21.4. The van der Waals surface area contributed by atoms with Crippen LogP contribution in [-0.2, 0) is 37.5 Å². The van der Waals surface area contributed by atoms with Crippen LogP contribution in [-0.4, -0.2) is 34.2 Å². The van der Waals surface area contributed by atoms with Gasteiger partial charge in [0.25, 0.3) is 0 Å². The Hall–Kier alpha value is 0.356. The van der Waals surface area contributed by atoms with Crippen molar-refractivity contribution in [3.05, 3.63) is 49.1 Å². The maximum absolute atomic E-state index is 6.29. The molecule has 21 heavy (non-hydrogen) atoms. The van der Waals surface area contributed by atoms with Crippen molar-refractivity contribution >= 4 is 34.2 Å². The van der Waals surface area contributed by atoms with Crippen LogP contribution in [0.15, 0.2) is 49.1 Å². The van der Waals surface area contributed by atoms with E-state index in [2.05, 4.69) is 26.3 Å². The molecule has 0 aromatic rings. The van der Waals surface area contributed by atoms with Crippen molar-refractivity contribution in [2.45, 2.75) is 26.2 Å². The Kier molecular flexibility index (Phi) is 7.41. The van der Waals surface area contributed by atoms with Gasteiger partial charge in [-0.1, -0.05) is 0 Å². The molecule has 0 aromatic heterocycles. The van der Waals surface area contributed by atoms with Gasteiger partial charge < -0.3 is 16.5 Å². The average molecular weight is 540 g/mol. The zero-order valence-corrected chi connectivity index (χ0v) is 19.4. The van der Waals surface area contributed by atoms with Crippen molar-refractivity contribution in [3.8, 4) is 0 Å². The Morgan fingerprint density at radius 2 is 0.857 bits per heavy atom. The Morgan fingerprint density at radius 1 is 0.571 bits per heavy atom. The third kappa shape index (κ3) is 5.19. The van der Waals surface area contributed by atoms with Crippen LogP contribution in [0.3, 0.4) is 0 Å². The maximum Gasteiger partial charge on any atom is 0.373 e. The first-order chi connectivity index (χ1) is 9.07. The summed E-state index contributed by atoms with van der Waals surface area (Å²) in [4.78, 5) is 0. The second kappa shape index (κ2) is 7.28. The summed E-state index contributed by atoms with van der Waals surface area (Å²) >= 11 is 0. The fourth-order valence-corrected chi connectivity index (χ4v) is 20.2. The molecular formula is C12H24O4PtSi4. The summed E-state index contributed by atoms with van der Waals surface area (Å²) in [5.41, 5.74) is 6.82. The molecule has 0 unspecified atom stereocenters. The molecule has 1 heterocycles. The van der Waals surface area contributed by atoms with Crippen LogP contribution in [0.5, 0.6) is 0 Å². The van der Waals surface area contributed by atoms with E-state index in [-0.39, 0.29) is 21.1 Å². The first-order valence-electron chi connectivity index (χ1n) is 6.42. The topological polar surface area (TPSA) is 36.9 Å². The summed E-state index contributed by atoms with van der Waals surface area (Å²) in [7, 11) is -10.4. The molecule has 122 valence electrons. The Morgan fingerprint density at radius 3 is 1.10 bits per heavy atom. The fourth-order valence-electron chi connectivity index (χ4n) is 2.19. The summed E-state index contributed by atoms with van der Waals surface area (Å²) in [5, 5.41) is 0. The maximum atomic E-state index is 6.29. The predicted molar refractivity (Wildman–Crippen MR) is 91.6 cm³/mol. The second-order valence-corrected chi connectivity index (χ2v) is 18.9. The van der Waals surface area contributed by atoms with Crippen molar-refractivity contribution in [1.29, 1.82) is 0 Å². The summed E-state index contributed by atoms with van der Waals surface area (Å²) in [6, 6.07) is 0. The molecule has 0 aliphatic carbocycles. The molecule has 4 nitrogen and oxygen atoms in total. The Bertz CT molecular complexity index is 385.